The van der Waals surface area contributed by atoms with Crippen molar-refractivity contribution in [2.45, 2.75) is 14.9 Å². The second kappa shape index (κ2) is 158. The third-order valence-corrected chi connectivity index (χ3v) is 0. The summed E-state index contributed by atoms with van der Waals surface area (Å²) in [5.41, 5.74) is 0. The van der Waals surface area contributed by atoms with E-state index in [1.165, 1.54) is 0 Å². The van der Waals surface area contributed by atoms with Crippen LogP contribution in [0.15, 0.2) is 10.7 Å². The topological polar surface area (TPSA) is 136 Å². The van der Waals surface area contributed by atoms with Crippen molar-refractivity contribution in [3.63, 3.8) is 0 Å². The van der Waals surface area contributed by atoms with Crippen LogP contribution in [0.3, 0.4) is 0 Å². The fourth-order valence-corrected chi connectivity index (χ4v) is 0. The molecule has 0 fully saturated rings. The average molecular weight is 231 g/mol. The van der Waals surface area contributed by atoms with Gasteiger partial charge in [0.2, 0.25) is 0 Å². The van der Waals surface area contributed by atoms with Gasteiger partial charge in [-0.05, 0) is 0 Å². The Morgan fingerprint density at radius 2 is 0.900 bits per heavy atom. The van der Waals surface area contributed by atoms with E-state index in [4.69, 9.17) is 20.2 Å². The Bertz CT molecular complexity index is 38.6. The zero-order valence-corrected chi connectivity index (χ0v) is 6.44. The number of rotatable bonds is 0. The van der Waals surface area contributed by atoms with Crippen molar-refractivity contribution in [2.24, 2.45) is 10.7 Å². The van der Waals surface area contributed by atoms with Crippen molar-refractivity contribution >= 4 is 0 Å². The third kappa shape index (κ3) is 20000. The minimum atomic E-state index is 0. The van der Waals surface area contributed by atoms with Gasteiger partial charge in [0, 0.05) is 32.7 Å². The van der Waals surface area contributed by atoms with Crippen molar-refractivity contribution in [1.29, 1.82) is 0 Å². The van der Waals surface area contributed by atoms with Gasteiger partial charge >= 0.3 is 0 Å². The van der Waals surface area contributed by atoms with Gasteiger partial charge in [-0.2, -0.15) is 0 Å². The Labute approximate surface area is 83.9 Å². The number of hydrogen-bond acceptors (Lipinski definition) is 6. The molecule has 0 aromatic heterocycles. The van der Waals surface area contributed by atoms with Crippen molar-refractivity contribution in [1.82, 2.24) is 0 Å². The molecule has 2 N–H and O–H groups in total. The Balaban J connectivity index is -0.00000000571. The van der Waals surface area contributed by atoms with E-state index in [0.717, 1.165) is 10.7 Å². The zero-order chi connectivity index (χ0) is 5.41. The Kier molecular flexibility index (Phi) is 819. The molecule has 0 aliphatic heterocycles. The molecule has 0 aromatic carbocycles. The Morgan fingerprint density at radius 1 is 0.900 bits per heavy atom. The summed E-state index contributed by atoms with van der Waals surface area (Å²) in [7, 11) is 0. The van der Waals surface area contributed by atoms with E-state index < -0.39 is 0 Å². The van der Waals surface area contributed by atoms with Crippen molar-refractivity contribution in [3.8, 4) is 0 Å². The predicted molar refractivity (Wildman–Crippen MR) is 35.4 cm³/mol. The Hall–Kier alpha value is -0.136. The van der Waals surface area contributed by atoms with Gasteiger partial charge in [-0.25, -0.2) is 0 Å². The van der Waals surface area contributed by atoms with Gasteiger partial charge in [0.05, 0.1) is 0 Å². The van der Waals surface area contributed by atoms with Crippen LogP contribution in [0.4, 0.5) is 0 Å². The first-order valence-electron chi connectivity index (χ1n) is 0.730. The molecule has 0 spiro atoms. The van der Waals surface area contributed by atoms with E-state index >= 15 is 0 Å². The Morgan fingerprint density at radius 3 is 0.900 bits per heavy atom. The van der Waals surface area contributed by atoms with Crippen molar-refractivity contribution < 1.29 is 38.2 Å². The van der Waals surface area contributed by atoms with Crippen LogP contribution in [0.2, 0.25) is 0 Å². The van der Waals surface area contributed by atoms with E-state index in [0.29, 0.717) is 0 Å². The van der Waals surface area contributed by atoms with Crippen LogP contribution in [0, 0.1) is 20.2 Å². The van der Waals surface area contributed by atoms with Gasteiger partial charge in [0.25, 0.3) is 0 Å². The third-order valence-electron chi connectivity index (χ3n) is 0. The molecular weight excluding hydrogens is 221 g/mol. The van der Waals surface area contributed by atoms with Crippen LogP contribution < -0.4 is 0 Å². The second-order valence-electron chi connectivity index (χ2n) is 0.149. The second-order valence-corrected chi connectivity index (χ2v) is 0.149. The maximum Gasteiger partial charge on any atom is 0 e. The fraction of sp³-hybridized carbons (Fsp3) is 1.00. The zero-order valence-electron chi connectivity index (χ0n) is 3.60. The maximum atomic E-state index is 8.00. The number of hydrogen-bond donors (Lipinski definition) is 0. The van der Waals surface area contributed by atoms with Gasteiger partial charge in [0.1, 0.15) is 0 Å². The summed E-state index contributed by atoms with van der Waals surface area (Å²) >= 11 is 0. The molecule has 0 heterocycles. The molecule has 0 atom stereocenters. The number of nitrogens with zero attached hydrogens (tertiary/aromatic N) is 2. The van der Waals surface area contributed by atoms with E-state index in [-0.39, 0.29) is 53.0 Å². The van der Waals surface area contributed by atoms with Crippen molar-refractivity contribution in [2.75, 3.05) is 0 Å². The smallest absolute Gasteiger partial charge is 0 e. The van der Waals surface area contributed by atoms with Crippen LogP contribution in [0.25, 0.3) is 0 Å². The minimum Gasteiger partial charge on any atom is -0.444 e. The summed E-state index contributed by atoms with van der Waals surface area (Å²) in [6.07, 6.45) is 0. The summed E-state index contributed by atoms with van der Waals surface area (Å²) < 4.78 is 0. The van der Waals surface area contributed by atoms with E-state index in [2.05, 4.69) is 0 Å². The van der Waals surface area contributed by atoms with Crippen LogP contribution in [-0.4, -0.2) is 5.48 Å². The normalized spacial score (nSPS) is 2.40. The first-order valence-corrected chi connectivity index (χ1v) is 0.730. The molecule has 7 nitrogen and oxygen atoms in total. The average Bonchev–Trinajstić information content (AvgIpc) is 1.39. The van der Waals surface area contributed by atoms with Crippen LogP contribution in [0.5, 0.6) is 0 Å². The van der Waals surface area contributed by atoms with E-state index in [9.17, 15) is 0 Å². The van der Waals surface area contributed by atoms with Crippen LogP contribution >= 0.6 is 0 Å². The van der Waals surface area contributed by atoms with Gasteiger partial charge in [-0.1, -0.05) is 14.9 Å². The van der Waals surface area contributed by atoms with E-state index in [1.54, 1.807) is 0 Å². The van der Waals surface area contributed by atoms with Gasteiger partial charge in [-0.15, -0.1) is 10.7 Å². The van der Waals surface area contributed by atoms with Crippen LogP contribution in [-0.2, 0) is 32.7 Å². The summed E-state index contributed by atoms with van der Waals surface area (Å²) in [5.74, 6) is 0. The molecule has 0 aromatic rings. The predicted octanol–water partition coefficient (Wildman–Crippen LogP) is 0.946. The molecule has 0 saturated carbocycles. The van der Waals surface area contributed by atoms with Crippen molar-refractivity contribution in [3.05, 3.63) is 20.2 Å². The molecule has 0 aliphatic rings. The molecule has 1 radical (unpaired) electrons. The first kappa shape index (κ1) is 51.9. The molecule has 63 valence electrons. The molecule has 0 aliphatic carbocycles. The molecule has 10 heavy (non-hydrogen) atoms. The van der Waals surface area contributed by atoms with Gasteiger partial charge in [0.15, 0.2) is 0 Å². The maximum absolute atomic E-state index is 8.00. The summed E-state index contributed by atoms with van der Waals surface area (Å²) in [6, 6.07) is 0. The van der Waals surface area contributed by atoms with E-state index in [1.807, 2.05) is 0 Å². The minimum absolute atomic E-state index is 0. The molecule has 0 amide bonds. The monoisotopic (exact) mass is 231 g/mol. The largest absolute Gasteiger partial charge is 0.444 e. The molecular formula is C2H10N2O5Y-2. The summed E-state index contributed by atoms with van der Waals surface area (Å²) in [5, 5.41) is 18.0. The van der Waals surface area contributed by atoms with Gasteiger partial charge < -0.3 is 25.7 Å². The quantitative estimate of drug-likeness (QED) is 0.452. The van der Waals surface area contributed by atoms with Crippen LogP contribution in [0.1, 0.15) is 14.9 Å². The van der Waals surface area contributed by atoms with Gasteiger partial charge in [-0.3, -0.25) is 0 Å². The molecule has 0 rings (SSSR count). The fourth-order valence-electron chi connectivity index (χ4n) is 0. The summed E-state index contributed by atoms with van der Waals surface area (Å²) in [4.78, 5) is 16.0. The molecule has 0 bridgehead atoms. The molecule has 0 unspecified atom stereocenters. The first-order chi connectivity index (χ1) is 2.83. The standard InChI is InChI=1S/2CH4.2HNO2.H2O.Y/c;;2*2-1-3;;/h2*1H4;2*(H,2,3);1H2;/p-2. The molecule has 0 saturated heterocycles. The SMILES string of the molecule is C.C.O.O=N[O-].O=N[O-].[Y]. The molecule has 8 heteroatoms. The summed E-state index contributed by atoms with van der Waals surface area (Å²) in [6.45, 7) is 0.